The summed E-state index contributed by atoms with van der Waals surface area (Å²) in [6.45, 7) is 6.94. The Kier molecular flexibility index (Phi) is 5.43. The maximum atomic E-state index is 12.4. The first-order valence-electron chi connectivity index (χ1n) is 7.99. The minimum absolute atomic E-state index is 0.0751. The van der Waals surface area contributed by atoms with Gasteiger partial charge in [0.05, 0.1) is 17.7 Å². The molecule has 0 saturated carbocycles. The fourth-order valence-electron chi connectivity index (χ4n) is 2.59. The molecule has 1 saturated heterocycles. The van der Waals surface area contributed by atoms with Crippen molar-refractivity contribution in [1.82, 2.24) is 9.88 Å². The van der Waals surface area contributed by atoms with E-state index in [2.05, 4.69) is 16.4 Å². The van der Waals surface area contributed by atoms with Crippen LogP contribution in [0.4, 0.5) is 10.6 Å². The highest BCUT2D eigenvalue weighted by Crippen LogP contribution is 2.21. The lowest BCUT2D eigenvalue weighted by atomic mass is 10.0. The number of nitrogens with one attached hydrogen (secondary N) is 1. The highest BCUT2D eigenvalue weighted by Gasteiger charge is 2.30. The van der Waals surface area contributed by atoms with Gasteiger partial charge in [0.1, 0.15) is 11.4 Å². The van der Waals surface area contributed by atoms with Crippen LogP contribution in [0.5, 0.6) is 0 Å². The molecule has 0 radical (unpaired) electrons. The number of hydrogen-bond donors (Lipinski definition) is 1. The first-order chi connectivity index (χ1) is 10.9. The number of hydrogen-bond acceptors (Lipinski definition) is 5. The van der Waals surface area contributed by atoms with Crippen molar-refractivity contribution in [2.75, 3.05) is 18.4 Å². The Hall–Kier alpha value is -2.29. The number of nitrogens with zero attached hydrogens (tertiary/aromatic N) is 3. The second kappa shape index (κ2) is 7.32. The molecular weight excluding hydrogens is 292 g/mol. The largest absolute Gasteiger partial charge is 0.444 e. The number of anilines is 1. The SMILES string of the molecule is CC(C)(C)OC(=O)N1CCCC[C@H]1CNc1cc(C#N)ccn1. The molecule has 23 heavy (non-hydrogen) atoms. The number of ether oxygens (including phenoxy) is 1. The van der Waals surface area contributed by atoms with Gasteiger partial charge in [-0.2, -0.15) is 5.26 Å². The minimum Gasteiger partial charge on any atom is -0.444 e. The van der Waals surface area contributed by atoms with Gasteiger partial charge in [-0.3, -0.25) is 0 Å². The van der Waals surface area contributed by atoms with Crippen LogP contribution in [0.1, 0.15) is 45.6 Å². The molecule has 0 unspecified atom stereocenters. The second-order valence-electron chi connectivity index (χ2n) is 6.75. The third-order valence-electron chi connectivity index (χ3n) is 3.66. The highest BCUT2D eigenvalue weighted by atomic mass is 16.6. The molecule has 6 nitrogen and oxygen atoms in total. The molecule has 2 rings (SSSR count). The van der Waals surface area contributed by atoms with Gasteiger partial charge < -0.3 is 15.0 Å². The van der Waals surface area contributed by atoms with Crippen LogP contribution in [0.3, 0.4) is 0 Å². The van der Waals surface area contributed by atoms with E-state index < -0.39 is 5.60 Å². The standard InChI is InChI=1S/C17H24N4O2/c1-17(2,3)23-16(22)21-9-5-4-6-14(21)12-20-15-10-13(11-18)7-8-19-15/h7-8,10,14H,4-6,9,12H2,1-3H3,(H,19,20)/t14-/m0/s1. The van der Waals surface area contributed by atoms with Crippen LogP contribution in [0.2, 0.25) is 0 Å². The molecule has 1 aromatic rings. The average molecular weight is 316 g/mol. The Morgan fingerprint density at radius 2 is 2.30 bits per heavy atom. The topological polar surface area (TPSA) is 78.2 Å². The number of amides is 1. The molecule has 2 heterocycles. The highest BCUT2D eigenvalue weighted by molar-refractivity contribution is 5.68. The number of rotatable bonds is 3. The van der Waals surface area contributed by atoms with Crippen molar-refractivity contribution < 1.29 is 9.53 Å². The number of carbonyl (C=O) groups is 1. The van der Waals surface area contributed by atoms with E-state index in [1.54, 1.807) is 23.2 Å². The van der Waals surface area contributed by atoms with Crippen molar-refractivity contribution in [3.8, 4) is 6.07 Å². The van der Waals surface area contributed by atoms with Crippen molar-refractivity contribution in [3.05, 3.63) is 23.9 Å². The number of piperidine rings is 1. The first-order valence-corrected chi connectivity index (χ1v) is 7.99. The zero-order valence-corrected chi connectivity index (χ0v) is 14.0. The third-order valence-corrected chi connectivity index (χ3v) is 3.66. The van der Waals surface area contributed by atoms with Gasteiger partial charge in [-0.1, -0.05) is 0 Å². The van der Waals surface area contributed by atoms with Gasteiger partial charge in [0.25, 0.3) is 0 Å². The van der Waals surface area contributed by atoms with Crippen molar-refractivity contribution in [3.63, 3.8) is 0 Å². The lowest BCUT2D eigenvalue weighted by Crippen LogP contribution is -2.48. The van der Waals surface area contributed by atoms with E-state index in [0.29, 0.717) is 24.5 Å². The normalized spacial score (nSPS) is 18.2. The Morgan fingerprint density at radius 1 is 1.52 bits per heavy atom. The molecule has 0 spiro atoms. The Balaban J connectivity index is 1.98. The molecule has 1 fully saturated rings. The van der Waals surface area contributed by atoms with Crippen LogP contribution in [0, 0.1) is 11.3 Å². The summed E-state index contributed by atoms with van der Waals surface area (Å²) in [7, 11) is 0. The number of pyridine rings is 1. The number of likely N-dealkylation sites (tertiary alicyclic amines) is 1. The van der Waals surface area contributed by atoms with Crippen LogP contribution in [-0.4, -0.2) is 40.7 Å². The van der Waals surface area contributed by atoms with Crippen molar-refractivity contribution in [2.24, 2.45) is 0 Å². The number of nitriles is 1. The molecule has 1 N–H and O–H groups in total. The average Bonchev–Trinajstić information content (AvgIpc) is 2.52. The smallest absolute Gasteiger partial charge is 0.410 e. The van der Waals surface area contributed by atoms with Gasteiger partial charge in [0.15, 0.2) is 0 Å². The van der Waals surface area contributed by atoms with E-state index in [0.717, 1.165) is 19.3 Å². The molecule has 1 atom stereocenters. The van der Waals surface area contributed by atoms with E-state index in [9.17, 15) is 4.79 Å². The Morgan fingerprint density at radius 3 is 3.00 bits per heavy atom. The zero-order chi connectivity index (χ0) is 16.9. The van der Waals surface area contributed by atoms with E-state index in [-0.39, 0.29) is 12.1 Å². The predicted octanol–water partition coefficient (Wildman–Crippen LogP) is 3.15. The summed E-state index contributed by atoms with van der Waals surface area (Å²) < 4.78 is 5.50. The van der Waals surface area contributed by atoms with Gasteiger partial charge in [-0.25, -0.2) is 9.78 Å². The molecule has 1 amide bonds. The predicted molar refractivity (Wildman–Crippen MR) is 88.0 cm³/mol. The summed E-state index contributed by atoms with van der Waals surface area (Å²) in [6.07, 6.45) is 4.37. The van der Waals surface area contributed by atoms with Crippen LogP contribution in [0.15, 0.2) is 18.3 Å². The second-order valence-corrected chi connectivity index (χ2v) is 6.75. The van der Waals surface area contributed by atoms with Crippen LogP contribution in [-0.2, 0) is 4.74 Å². The quantitative estimate of drug-likeness (QED) is 0.926. The number of carbonyl (C=O) groups excluding carboxylic acids is 1. The summed E-state index contributed by atoms with van der Waals surface area (Å²) in [4.78, 5) is 18.4. The Labute approximate surface area is 137 Å². The third kappa shape index (κ3) is 5.13. The monoisotopic (exact) mass is 316 g/mol. The number of aromatic nitrogens is 1. The maximum absolute atomic E-state index is 12.4. The van der Waals surface area contributed by atoms with Crippen LogP contribution in [0.25, 0.3) is 0 Å². The lowest BCUT2D eigenvalue weighted by Gasteiger charge is -2.36. The molecule has 1 aliphatic rings. The molecule has 0 aliphatic carbocycles. The van der Waals surface area contributed by atoms with Gasteiger partial charge >= 0.3 is 6.09 Å². The molecular formula is C17H24N4O2. The Bertz CT molecular complexity index is 589. The van der Waals surface area contributed by atoms with E-state index in [1.807, 2.05) is 20.8 Å². The van der Waals surface area contributed by atoms with E-state index in [4.69, 9.17) is 10.00 Å². The molecule has 0 aromatic carbocycles. The van der Waals surface area contributed by atoms with Crippen LogP contribution >= 0.6 is 0 Å². The molecule has 1 aliphatic heterocycles. The minimum atomic E-state index is -0.491. The lowest BCUT2D eigenvalue weighted by molar-refractivity contribution is 0.0114. The van der Waals surface area contributed by atoms with E-state index >= 15 is 0 Å². The first kappa shape index (κ1) is 17.1. The van der Waals surface area contributed by atoms with Crippen molar-refractivity contribution >= 4 is 11.9 Å². The van der Waals surface area contributed by atoms with E-state index in [1.165, 1.54) is 0 Å². The summed E-state index contributed by atoms with van der Waals surface area (Å²) in [5.74, 6) is 0.652. The fourth-order valence-corrected chi connectivity index (χ4v) is 2.59. The van der Waals surface area contributed by atoms with Gasteiger partial charge in [-0.05, 0) is 52.2 Å². The summed E-state index contributed by atoms with van der Waals surface area (Å²) in [5.41, 5.74) is 0.0741. The van der Waals surface area contributed by atoms with Crippen molar-refractivity contribution in [1.29, 1.82) is 5.26 Å². The molecule has 0 bridgehead atoms. The zero-order valence-electron chi connectivity index (χ0n) is 14.0. The summed E-state index contributed by atoms with van der Waals surface area (Å²) >= 11 is 0. The van der Waals surface area contributed by atoms with Gasteiger partial charge in [0.2, 0.25) is 0 Å². The summed E-state index contributed by atoms with van der Waals surface area (Å²) in [5, 5.41) is 12.2. The van der Waals surface area contributed by atoms with Gasteiger partial charge in [0, 0.05) is 19.3 Å². The summed E-state index contributed by atoms with van der Waals surface area (Å²) in [6, 6.07) is 5.54. The van der Waals surface area contributed by atoms with Crippen LogP contribution < -0.4 is 5.32 Å². The van der Waals surface area contributed by atoms with Crippen molar-refractivity contribution in [2.45, 2.75) is 51.7 Å². The maximum Gasteiger partial charge on any atom is 0.410 e. The molecule has 124 valence electrons. The fraction of sp³-hybridized carbons (Fsp3) is 0.588. The molecule has 6 heteroatoms. The van der Waals surface area contributed by atoms with Gasteiger partial charge in [-0.15, -0.1) is 0 Å². The molecule has 1 aromatic heterocycles.